The van der Waals surface area contributed by atoms with E-state index in [4.69, 9.17) is 4.74 Å². The lowest BCUT2D eigenvalue weighted by molar-refractivity contribution is 0.200. The van der Waals surface area contributed by atoms with Gasteiger partial charge >= 0.3 is 0 Å². The van der Waals surface area contributed by atoms with Crippen LogP contribution in [0.25, 0.3) is 0 Å². The predicted octanol–water partition coefficient (Wildman–Crippen LogP) is 5.17. The van der Waals surface area contributed by atoms with Crippen LogP contribution < -0.4 is 10.1 Å². The van der Waals surface area contributed by atoms with E-state index >= 15 is 0 Å². The zero-order valence-electron chi connectivity index (χ0n) is 15.6. The van der Waals surface area contributed by atoms with Crippen LogP contribution in [-0.4, -0.2) is 31.1 Å². The maximum Gasteiger partial charge on any atom is 0.119 e. The van der Waals surface area contributed by atoms with Gasteiger partial charge in [-0.1, -0.05) is 48.5 Å². The molecule has 2 heterocycles. The van der Waals surface area contributed by atoms with Gasteiger partial charge in [-0.05, 0) is 34.7 Å². The fourth-order valence-corrected chi connectivity index (χ4v) is 4.31. The highest BCUT2D eigenvalue weighted by atomic mass is 35.5. The highest BCUT2D eigenvalue weighted by Gasteiger charge is 2.24. The van der Waals surface area contributed by atoms with Crippen molar-refractivity contribution in [2.75, 3.05) is 26.2 Å². The molecule has 0 radical (unpaired) electrons. The van der Waals surface area contributed by atoms with E-state index in [0.29, 0.717) is 12.6 Å². The van der Waals surface area contributed by atoms with Gasteiger partial charge in [0.05, 0.1) is 6.04 Å². The minimum atomic E-state index is 0. The van der Waals surface area contributed by atoms with Crippen LogP contribution in [0.15, 0.2) is 72.1 Å². The molecule has 0 unspecified atom stereocenters. The second kappa shape index (κ2) is 11.4. The van der Waals surface area contributed by atoms with Crippen LogP contribution in [-0.2, 0) is 6.61 Å². The Hall–Kier alpha value is -1.56. The van der Waals surface area contributed by atoms with Crippen molar-refractivity contribution in [1.82, 2.24) is 10.2 Å². The maximum atomic E-state index is 5.94. The Bertz CT molecular complexity index is 791. The molecule has 0 aliphatic carbocycles. The summed E-state index contributed by atoms with van der Waals surface area (Å²) >= 11 is 1.84. The number of piperazine rings is 1. The van der Waals surface area contributed by atoms with Crippen molar-refractivity contribution in [2.24, 2.45) is 0 Å². The summed E-state index contributed by atoms with van der Waals surface area (Å²) in [5.41, 5.74) is 2.52. The smallest absolute Gasteiger partial charge is 0.119 e. The number of nitrogens with zero attached hydrogens (tertiary/aromatic N) is 1. The van der Waals surface area contributed by atoms with Crippen molar-refractivity contribution >= 4 is 36.2 Å². The van der Waals surface area contributed by atoms with Gasteiger partial charge in [0, 0.05) is 31.1 Å². The first-order chi connectivity index (χ1) is 12.9. The molecule has 28 heavy (non-hydrogen) atoms. The summed E-state index contributed by atoms with van der Waals surface area (Å²) in [5.74, 6) is 0.919. The molecule has 0 amide bonds. The minimum absolute atomic E-state index is 0. The topological polar surface area (TPSA) is 24.5 Å². The van der Waals surface area contributed by atoms with E-state index in [9.17, 15) is 0 Å². The predicted molar refractivity (Wildman–Crippen MR) is 122 cm³/mol. The zero-order chi connectivity index (χ0) is 17.6. The second-order valence-electron chi connectivity index (χ2n) is 6.55. The van der Waals surface area contributed by atoms with Crippen LogP contribution in [0.3, 0.4) is 0 Å². The molecular formula is C22H26Cl2N2OS. The summed E-state index contributed by atoms with van der Waals surface area (Å²) in [6, 6.07) is 23.6. The molecule has 1 atom stereocenters. The van der Waals surface area contributed by atoms with Crippen molar-refractivity contribution < 1.29 is 4.74 Å². The summed E-state index contributed by atoms with van der Waals surface area (Å²) in [6.45, 7) is 4.87. The Morgan fingerprint density at radius 3 is 2.25 bits per heavy atom. The Kier molecular flexibility index (Phi) is 9.29. The summed E-state index contributed by atoms with van der Waals surface area (Å²) in [5, 5.41) is 5.62. The molecule has 0 saturated carbocycles. The largest absolute Gasteiger partial charge is 0.489 e. The van der Waals surface area contributed by atoms with E-state index in [-0.39, 0.29) is 24.8 Å². The van der Waals surface area contributed by atoms with Gasteiger partial charge in [-0.2, -0.15) is 0 Å². The normalized spacial score (nSPS) is 15.1. The fraction of sp³-hybridized carbons (Fsp3) is 0.273. The Morgan fingerprint density at radius 1 is 0.893 bits per heavy atom. The lowest BCUT2D eigenvalue weighted by Gasteiger charge is -2.34. The number of halogens is 2. The molecule has 1 fully saturated rings. The van der Waals surface area contributed by atoms with Crippen molar-refractivity contribution in [1.29, 1.82) is 0 Å². The van der Waals surface area contributed by atoms with Gasteiger partial charge in [-0.3, -0.25) is 4.90 Å². The number of hydrogen-bond donors (Lipinski definition) is 1. The van der Waals surface area contributed by atoms with Gasteiger partial charge in [0.2, 0.25) is 0 Å². The second-order valence-corrected chi connectivity index (χ2v) is 7.53. The summed E-state index contributed by atoms with van der Waals surface area (Å²) in [4.78, 5) is 3.98. The molecule has 4 rings (SSSR count). The molecule has 1 aliphatic rings. The number of rotatable bonds is 6. The number of benzene rings is 2. The Balaban J connectivity index is 0.00000140. The standard InChI is InChI=1S/C22H24N2OS.2ClH/c1-2-5-18(6-3-1)17-25-20-10-8-19(9-11-20)22(21-7-4-16-26-21)24-14-12-23-13-15-24;;/h1-11,16,22-23H,12-15,17H2;2*1H/t22-;;/m1../s1. The zero-order valence-corrected chi connectivity index (χ0v) is 18.1. The summed E-state index contributed by atoms with van der Waals surface area (Å²) in [6.07, 6.45) is 0. The van der Waals surface area contributed by atoms with Gasteiger partial charge in [-0.25, -0.2) is 0 Å². The third-order valence-corrected chi connectivity index (χ3v) is 5.70. The number of thiophene rings is 1. The molecule has 0 spiro atoms. The third-order valence-electron chi connectivity index (χ3n) is 4.77. The lowest BCUT2D eigenvalue weighted by Crippen LogP contribution is -2.45. The number of hydrogen-bond acceptors (Lipinski definition) is 4. The molecule has 1 aliphatic heterocycles. The molecule has 0 bridgehead atoms. The van der Waals surface area contributed by atoms with Crippen LogP contribution >= 0.6 is 36.2 Å². The van der Waals surface area contributed by atoms with E-state index in [1.54, 1.807) is 0 Å². The van der Waals surface area contributed by atoms with Crippen molar-refractivity contribution in [3.05, 3.63) is 88.1 Å². The van der Waals surface area contributed by atoms with Crippen LogP contribution in [0.1, 0.15) is 22.0 Å². The Morgan fingerprint density at radius 2 is 1.61 bits per heavy atom. The first kappa shape index (κ1) is 22.7. The summed E-state index contributed by atoms with van der Waals surface area (Å²) < 4.78 is 5.94. The van der Waals surface area contributed by atoms with Crippen LogP contribution in [0, 0.1) is 0 Å². The van der Waals surface area contributed by atoms with E-state index in [1.165, 1.54) is 16.0 Å². The average molecular weight is 437 g/mol. The monoisotopic (exact) mass is 436 g/mol. The van der Waals surface area contributed by atoms with E-state index in [1.807, 2.05) is 29.5 Å². The van der Waals surface area contributed by atoms with E-state index < -0.39 is 0 Å². The van der Waals surface area contributed by atoms with Crippen LogP contribution in [0.2, 0.25) is 0 Å². The molecule has 2 aromatic carbocycles. The minimum Gasteiger partial charge on any atom is -0.489 e. The van der Waals surface area contributed by atoms with E-state index in [0.717, 1.165) is 31.9 Å². The van der Waals surface area contributed by atoms with Gasteiger partial charge < -0.3 is 10.1 Å². The van der Waals surface area contributed by atoms with Gasteiger partial charge in [0.15, 0.2) is 0 Å². The fourth-order valence-electron chi connectivity index (χ4n) is 3.43. The first-order valence-electron chi connectivity index (χ1n) is 9.15. The van der Waals surface area contributed by atoms with Crippen molar-refractivity contribution in [3.8, 4) is 5.75 Å². The first-order valence-corrected chi connectivity index (χ1v) is 10.0. The lowest BCUT2D eigenvalue weighted by atomic mass is 10.0. The van der Waals surface area contributed by atoms with Gasteiger partial charge in [0.25, 0.3) is 0 Å². The third kappa shape index (κ3) is 5.72. The van der Waals surface area contributed by atoms with Gasteiger partial charge in [-0.15, -0.1) is 36.2 Å². The highest BCUT2D eigenvalue weighted by molar-refractivity contribution is 7.10. The molecular weight excluding hydrogens is 411 g/mol. The molecule has 1 saturated heterocycles. The van der Waals surface area contributed by atoms with E-state index in [2.05, 4.69) is 64.1 Å². The van der Waals surface area contributed by atoms with Crippen molar-refractivity contribution in [3.63, 3.8) is 0 Å². The molecule has 3 aromatic rings. The quantitative estimate of drug-likeness (QED) is 0.576. The molecule has 1 N–H and O–H groups in total. The Labute approximate surface area is 183 Å². The average Bonchev–Trinajstić information content (AvgIpc) is 3.23. The van der Waals surface area contributed by atoms with Gasteiger partial charge in [0.1, 0.15) is 12.4 Å². The number of nitrogens with one attached hydrogen (secondary N) is 1. The highest BCUT2D eigenvalue weighted by Crippen LogP contribution is 2.32. The van der Waals surface area contributed by atoms with Crippen LogP contribution in [0.5, 0.6) is 5.75 Å². The maximum absolute atomic E-state index is 5.94. The molecule has 150 valence electrons. The van der Waals surface area contributed by atoms with Crippen molar-refractivity contribution in [2.45, 2.75) is 12.6 Å². The molecule has 3 nitrogen and oxygen atoms in total. The SMILES string of the molecule is Cl.Cl.c1ccc(COc2ccc([C@H](c3cccs3)N3CCNCC3)cc2)cc1. The van der Waals surface area contributed by atoms with Crippen LogP contribution in [0.4, 0.5) is 0 Å². The number of ether oxygens (including phenoxy) is 1. The molecule has 6 heteroatoms. The summed E-state index contributed by atoms with van der Waals surface area (Å²) in [7, 11) is 0. The molecule has 1 aromatic heterocycles.